The lowest BCUT2D eigenvalue weighted by molar-refractivity contribution is 0.796. The molecule has 2 heterocycles. The molecule has 4 N–H and O–H groups in total. The van der Waals surface area contributed by atoms with Gasteiger partial charge in [-0.25, -0.2) is 0 Å². The number of fused-ring (bicyclic) bond motifs is 1. The summed E-state index contributed by atoms with van der Waals surface area (Å²) in [6.45, 7) is 12.5. The van der Waals surface area contributed by atoms with E-state index in [1.54, 1.807) is 24.8 Å². The van der Waals surface area contributed by atoms with E-state index in [0.717, 1.165) is 45.6 Å². The van der Waals surface area contributed by atoms with Crippen LogP contribution in [-0.4, -0.2) is 27.9 Å². The molecule has 33 heavy (non-hydrogen) atoms. The molecule has 0 bridgehead atoms. The van der Waals surface area contributed by atoms with E-state index < -0.39 is 0 Å². The third-order valence-corrected chi connectivity index (χ3v) is 5.36. The number of rotatable bonds is 10. The van der Waals surface area contributed by atoms with Crippen LogP contribution in [0.25, 0.3) is 16.5 Å². The minimum atomic E-state index is -0.328. The summed E-state index contributed by atoms with van der Waals surface area (Å²) < 4.78 is 0. The summed E-state index contributed by atoms with van der Waals surface area (Å²) in [6.07, 6.45) is 12.4. The van der Waals surface area contributed by atoms with Crippen LogP contribution >= 0.6 is 0 Å². The van der Waals surface area contributed by atoms with Crippen molar-refractivity contribution in [2.24, 2.45) is 9.98 Å². The van der Waals surface area contributed by atoms with Crippen molar-refractivity contribution in [2.45, 2.75) is 53.0 Å². The Balaban J connectivity index is 2.08. The second-order valence-electron chi connectivity index (χ2n) is 8.31. The Morgan fingerprint density at radius 2 is 2.09 bits per heavy atom. The summed E-state index contributed by atoms with van der Waals surface area (Å²) in [5, 5.41) is 4.68. The number of anilines is 2. The molecular formula is C27H34N6. The van der Waals surface area contributed by atoms with E-state index in [2.05, 4.69) is 57.0 Å². The van der Waals surface area contributed by atoms with Crippen LogP contribution in [0.15, 0.2) is 71.3 Å². The zero-order chi connectivity index (χ0) is 23.8. The van der Waals surface area contributed by atoms with E-state index >= 15 is 0 Å². The maximum atomic E-state index is 5.97. The Labute approximate surface area is 196 Å². The molecule has 0 aliphatic carbocycles. The van der Waals surface area contributed by atoms with Crippen LogP contribution in [-0.2, 0) is 6.42 Å². The van der Waals surface area contributed by atoms with E-state index in [1.807, 2.05) is 33.0 Å². The quantitative estimate of drug-likeness (QED) is 0.317. The number of aliphatic imine (C=N–C) groups is 2. The van der Waals surface area contributed by atoms with Gasteiger partial charge in [0.05, 0.1) is 35.5 Å². The summed E-state index contributed by atoms with van der Waals surface area (Å²) >= 11 is 0. The van der Waals surface area contributed by atoms with Gasteiger partial charge in [0.25, 0.3) is 0 Å². The fourth-order valence-corrected chi connectivity index (χ4v) is 3.69. The largest absolute Gasteiger partial charge is 0.397 e. The topological polar surface area (TPSA) is 91.5 Å². The Kier molecular flexibility index (Phi) is 8.19. The lowest BCUT2D eigenvalue weighted by Gasteiger charge is -2.23. The summed E-state index contributed by atoms with van der Waals surface area (Å²) in [4.78, 5) is 16.8. The van der Waals surface area contributed by atoms with Gasteiger partial charge < -0.3 is 16.0 Å². The molecule has 3 aromatic rings. The van der Waals surface area contributed by atoms with Crippen LogP contribution in [0.3, 0.4) is 0 Å². The van der Waals surface area contributed by atoms with Gasteiger partial charge in [0.15, 0.2) is 0 Å². The fourth-order valence-electron chi connectivity index (χ4n) is 3.69. The summed E-state index contributed by atoms with van der Waals surface area (Å²) in [7, 11) is 0. The second-order valence-corrected chi connectivity index (χ2v) is 8.31. The molecule has 1 aromatic carbocycles. The minimum absolute atomic E-state index is 0.328. The molecule has 0 radical (unpaired) electrons. The van der Waals surface area contributed by atoms with Crippen molar-refractivity contribution >= 4 is 39.8 Å². The maximum Gasteiger partial charge on any atom is 0.0956 e. The minimum Gasteiger partial charge on any atom is -0.397 e. The standard InChI is InChI=1S/C27H34N6/c1-6-8-9-20-10-11-25-23(12-20)24(16-32-25)19(5)27(26(30-7-2)17-31-18(3)4)33-22-13-21(28)14-29-15-22/h7,10-17,27,32-33H,5-6,8-9,28H2,1-4H3/b26-17-,30-7-. The van der Waals surface area contributed by atoms with Crippen LogP contribution in [0, 0.1) is 0 Å². The third kappa shape index (κ3) is 6.19. The van der Waals surface area contributed by atoms with Crippen LogP contribution in [0.1, 0.15) is 51.7 Å². The zero-order valence-electron chi connectivity index (χ0n) is 20.0. The van der Waals surface area contributed by atoms with Gasteiger partial charge in [0.1, 0.15) is 0 Å². The smallest absolute Gasteiger partial charge is 0.0956 e. The van der Waals surface area contributed by atoms with Crippen molar-refractivity contribution in [1.82, 2.24) is 9.97 Å². The van der Waals surface area contributed by atoms with Crippen LogP contribution < -0.4 is 11.1 Å². The van der Waals surface area contributed by atoms with E-state index in [1.165, 1.54) is 18.4 Å². The number of aryl methyl sites for hydroxylation is 1. The normalized spacial score (nSPS) is 12.8. The van der Waals surface area contributed by atoms with Gasteiger partial charge in [0.2, 0.25) is 0 Å². The van der Waals surface area contributed by atoms with E-state index in [9.17, 15) is 0 Å². The predicted octanol–water partition coefficient (Wildman–Crippen LogP) is 6.39. The Bertz CT molecular complexity index is 1190. The molecule has 2 aromatic heterocycles. The fraction of sp³-hybridized carbons (Fsp3) is 0.296. The number of hydrogen-bond acceptors (Lipinski definition) is 5. The summed E-state index contributed by atoms with van der Waals surface area (Å²) in [6, 6.07) is 8.13. The molecule has 3 rings (SSSR count). The maximum absolute atomic E-state index is 5.97. The lowest BCUT2D eigenvalue weighted by atomic mass is 9.95. The summed E-state index contributed by atoms with van der Waals surface area (Å²) in [5.74, 6) is 0. The summed E-state index contributed by atoms with van der Waals surface area (Å²) in [5.41, 5.74) is 13.4. The van der Waals surface area contributed by atoms with E-state index in [-0.39, 0.29) is 6.04 Å². The van der Waals surface area contributed by atoms with E-state index in [0.29, 0.717) is 5.69 Å². The van der Waals surface area contributed by atoms with Gasteiger partial charge in [-0.15, -0.1) is 0 Å². The highest BCUT2D eigenvalue weighted by molar-refractivity contribution is 5.95. The molecule has 0 aliphatic heterocycles. The molecule has 6 heteroatoms. The van der Waals surface area contributed by atoms with Gasteiger partial charge in [-0.1, -0.05) is 26.0 Å². The third-order valence-electron chi connectivity index (χ3n) is 5.36. The average Bonchev–Trinajstić information content (AvgIpc) is 3.22. The number of aromatic nitrogens is 2. The number of aromatic amines is 1. The number of benzene rings is 1. The molecule has 0 fully saturated rings. The van der Waals surface area contributed by atoms with Gasteiger partial charge in [-0.05, 0) is 62.9 Å². The van der Waals surface area contributed by atoms with Crippen molar-refractivity contribution in [3.05, 3.63) is 72.5 Å². The Morgan fingerprint density at radius 1 is 1.27 bits per heavy atom. The first-order valence-electron chi connectivity index (χ1n) is 11.4. The number of nitrogens with two attached hydrogens (primary N) is 1. The number of pyridine rings is 1. The Hall–Kier alpha value is -3.67. The first-order valence-corrected chi connectivity index (χ1v) is 11.4. The molecule has 1 atom stereocenters. The van der Waals surface area contributed by atoms with E-state index in [4.69, 9.17) is 5.73 Å². The highest BCUT2D eigenvalue weighted by Crippen LogP contribution is 2.32. The average molecular weight is 443 g/mol. The molecular weight excluding hydrogens is 408 g/mol. The molecule has 172 valence electrons. The molecule has 0 spiro atoms. The molecule has 0 saturated carbocycles. The van der Waals surface area contributed by atoms with Gasteiger partial charge in [-0.2, -0.15) is 0 Å². The highest BCUT2D eigenvalue weighted by Gasteiger charge is 2.22. The first kappa shape index (κ1) is 24.0. The van der Waals surface area contributed by atoms with Crippen molar-refractivity contribution in [1.29, 1.82) is 0 Å². The second kappa shape index (κ2) is 11.3. The highest BCUT2D eigenvalue weighted by atomic mass is 15.0. The molecule has 0 aliphatic rings. The molecule has 1 unspecified atom stereocenters. The lowest BCUT2D eigenvalue weighted by Crippen LogP contribution is -2.23. The monoisotopic (exact) mass is 442 g/mol. The van der Waals surface area contributed by atoms with Crippen molar-refractivity contribution in [3.63, 3.8) is 0 Å². The number of unbranched alkanes of at least 4 members (excludes halogenated alkanes) is 1. The number of nitrogen functional groups attached to an aromatic ring is 1. The van der Waals surface area contributed by atoms with Crippen LogP contribution in [0.4, 0.5) is 11.4 Å². The zero-order valence-corrected chi connectivity index (χ0v) is 20.0. The van der Waals surface area contributed by atoms with Gasteiger partial charge >= 0.3 is 0 Å². The number of nitrogens with one attached hydrogen (secondary N) is 2. The molecule has 6 nitrogen and oxygen atoms in total. The molecule has 0 saturated heterocycles. The molecule has 0 amide bonds. The number of H-pyrrole nitrogens is 1. The van der Waals surface area contributed by atoms with Crippen LogP contribution in [0.2, 0.25) is 0 Å². The predicted molar refractivity (Wildman–Crippen MR) is 143 cm³/mol. The van der Waals surface area contributed by atoms with Crippen molar-refractivity contribution < 1.29 is 0 Å². The van der Waals surface area contributed by atoms with Crippen LogP contribution in [0.5, 0.6) is 0 Å². The number of nitrogens with zero attached hydrogens (tertiary/aromatic N) is 3. The van der Waals surface area contributed by atoms with Crippen molar-refractivity contribution in [2.75, 3.05) is 11.1 Å². The van der Waals surface area contributed by atoms with Crippen molar-refractivity contribution in [3.8, 4) is 0 Å². The van der Waals surface area contributed by atoms with Gasteiger partial charge in [-0.3, -0.25) is 15.0 Å². The Morgan fingerprint density at radius 3 is 2.79 bits per heavy atom. The number of hydrogen-bond donors (Lipinski definition) is 3. The van der Waals surface area contributed by atoms with Gasteiger partial charge in [0, 0.05) is 40.8 Å². The first-order chi connectivity index (χ1) is 15.9. The SMILES string of the molecule is C=C(c1c[nH]c2ccc(CCCC)cc12)C(Nc1cncc(N)c1)C(=C/N=C(C)C)/N=C\C.